The smallest absolute Gasteiger partial charge is 0.173 e. The van der Waals surface area contributed by atoms with Crippen molar-refractivity contribution in [2.75, 3.05) is 0 Å². The van der Waals surface area contributed by atoms with E-state index in [4.69, 9.17) is 14.4 Å². The summed E-state index contributed by atoms with van der Waals surface area (Å²) >= 11 is 0. The number of nitrogens with one attached hydrogen (secondary N) is 1. The summed E-state index contributed by atoms with van der Waals surface area (Å²) in [5.41, 5.74) is 9.22. The summed E-state index contributed by atoms with van der Waals surface area (Å²) in [6.07, 6.45) is -0.520. The van der Waals surface area contributed by atoms with Gasteiger partial charge in [0, 0.05) is 27.5 Å². The van der Waals surface area contributed by atoms with Gasteiger partial charge in [0.2, 0.25) is 0 Å². The molecule has 0 saturated carbocycles. The Balaban J connectivity index is 1.19. The highest BCUT2D eigenvalue weighted by atomic mass is 16.3. The van der Waals surface area contributed by atoms with Crippen LogP contribution in [-0.2, 0) is 0 Å². The fourth-order valence-electron chi connectivity index (χ4n) is 7.49. The van der Waals surface area contributed by atoms with Crippen LogP contribution in [0.15, 0.2) is 190 Å². The van der Waals surface area contributed by atoms with Gasteiger partial charge in [0.25, 0.3) is 0 Å². The highest BCUT2D eigenvalue weighted by molar-refractivity contribution is 6.23. The first kappa shape index (κ1) is 29.2. The maximum atomic E-state index is 6.87. The van der Waals surface area contributed by atoms with Crippen molar-refractivity contribution >= 4 is 55.2 Å². The number of amidine groups is 2. The fraction of sp³-hybridized carbons (Fsp3) is 0.0213. The molecule has 51 heavy (non-hydrogen) atoms. The van der Waals surface area contributed by atoms with Gasteiger partial charge in [-0.15, -0.1) is 0 Å². The third kappa shape index (κ3) is 5.00. The largest absolute Gasteiger partial charge is 0.456 e. The number of fused-ring (bicyclic) bond motifs is 6. The maximum Gasteiger partial charge on any atom is 0.173 e. The van der Waals surface area contributed by atoms with Gasteiger partial charge in [-0.05, 0) is 49.9 Å². The highest BCUT2D eigenvalue weighted by Gasteiger charge is 2.26. The van der Waals surface area contributed by atoms with E-state index in [-0.39, 0.29) is 0 Å². The van der Waals surface area contributed by atoms with Crippen LogP contribution in [0.5, 0.6) is 0 Å². The first-order valence-corrected chi connectivity index (χ1v) is 17.3. The van der Waals surface area contributed by atoms with Gasteiger partial charge in [-0.1, -0.05) is 170 Å². The molecule has 4 heteroatoms. The SMILES string of the molecule is c1ccc(C2=NC(c3ccc(-c4ccc(-c5cccc6ccccc56)cc4)c4c3oc3ccc5ccccc5c34)N=C(c3ccccc3)N2)cc1. The van der Waals surface area contributed by atoms with Crippen molar-refractivity contribution in [3.05, 3.63) is 193 Å². The van der Waals surface area contributed by atoms with E-state index in [1.807, 2.05) is 36.4 Å². The Labute approximate surface area is 295 Å². The average Bonchev–Trinajstić information content (AvgIpc) is 3.61. The van der Waals surface area contributed by atoms with Crippen LogP contribution in [-0.4, -0.2) is 11.7 Å². The van der Waals surface area contributed by atoms with Crippen molar-refractivity contribution in [1.82, 2.24) is 5.32 Å². The van der Waals surface area contributed by atoms with Crippen LogP contribution in [0.25, 0.3) is 65.7 Å². The number of hydrogen-bond acceptors (Lipinski definition) is 4. The monoisotopic (exact) mass is 653 g/mol. The topological polar surface area (TPSA) is 49.9 Å². The molecular formula is C47H31N3O. The van der Waals surface area contributed by atoms with Crippen molar-refractivity contribution in [2.45, 2.75) is 6.17 Å². The van der Waals surface area contributed by atoms with Crippen LogP contribution in [0, 0.1) is 0 Å². The molecule has 9 aromatic rings. The fourth-order valence-corrected chi connectivity index (χ4v) is 7.49. The van der Waals surface area contributed by atoms with Gasteiger partial charge in [0.05, 0.1) is 0 Å². The van der Waals surface area contributed by atoms with Gasteiger partial charge in [0.1, 0.15) is 22.8 Å². The summed E-state index contributed by atoms with van der Waals surface area (Å²) in [6.45, 7) is 0. The second kappa shape index (κ2) is 12.0. The van der Waals surface area contributed by atoms with Gasteiger partial charge in [-0.25, -0.2) is 9.98 Å². The van der Waals surface area contributed by atoms with E-state index in [1.165, 1.54) is 27.3 Å². The molecule has 0 fully saturated rings. The lowest BCUT2D eigenvalue weighted by atomic mass is 9.92. The Bertz CT molecular complexity index is 2750. The molecule has 0 aliphatic carbocycles. The third-order valence-corrected chi connectivity index (χ3v) is 9.95. The van der Waals surface area contributed by atoms with E-state index in [9.17, 15) is 0 Å². The first-order chi connectivity index (χ1) is 25.3. The van der Waals surface area contributed by atoms with Gasteiger partial charge >= 0.3 is 0 Å². The van der Waals surface area contributed by atoms with Gasteiger partial charge in [-0.2, -0.15) is 0 Å². The van der Waals surface area contributed by atoms with Crippen LogP contribution >= 0.6 is 0 Å². The second-order valence-electron chi connectivity index (χ2n) is 13.0. The number of benzene rings is 8. The molecule has 1 aromatic heterocycles. The summed E-state index contributed by atoms with van der Waals surface area (Å²) in [5.74, 6) is 1.55. The Morgan fingerprint density at radius 1 is 0.412 bits per heavy atom. The zero-order valence-corrected chi connectivity index (χ0v) is 27.6. The first-order valence-electron chi connectivity index (χ1n) is 17.3. The lowest BCUT2D eigenvalue weighted by Gasteiger charge is -2.22. The standard InChI is InChI=1S/C47H31N3O/c1-3-14-34(15-4-1)45-48-46(35-16-5-2-6-17-35)50-47(49-45)40-28-27-39(43-42-38-20-10-8-13-31(38)26-29-41(42)51-44(40)43)33-24-22-32(23-25-33)37-21-11-18-30-12-7-9-19-36(30)37/h1-29,47H,(H,48,49,50). The van der Waals surface area contributed by atoms with E-state index in [0.29, 0.717) is 0 Å². The third-order valence-electron chi connectivity index (χ3n) is 9.95. The lowest BCUT2D eigenvalue weighted by molar-refractivity contribution is 0.649. The molecule has 0 saturated heterocycles. The summed E-state index contributed by atoms with van der Waals surface area (Å²) in [4.78, 5) is 10.4. The Kier molecular flexibility index (Phi) is 6.85. The molecule has 0 bridgehead atoms. The number of aliphatic imine (C=N–C) groups is 2. The molecule has 1 N–H and O–H groups in total. The average molecular weight is 654 g/mol. The van der Waals surface area contributed by atoms with E-state index in [2.05, 4.69) is 145 Å². The quantitative estimate of drug-likeness (QED) is 0.201. The van der Waals surface area contributed by atoms with Crippen molar-refractivity contribution in [3.8, 4) is 22.3 Å². The molecule has 240 valence electrons. The predicted molar refractivity (Wildman–Crippen MR) is 211 cm³/mol. The minimum Gasteiger partial charge on any atom is -0.456 e. The van der Waals surface area contributed by atoms with Crippen molar-refractivity contribution in [1.29, 1.82) is 0 Å². The zero-order chi connectivity index (χ0) is 33.7. The van der Waals surface area contributed by atoms with Crippen LogP contribution in [0.3, 0.4) is 0 Å². The molecule has 0 radical (unpaired) electrons. The molecule has 1 aliphatic heterocycles. The van der Waals surface area contributed by atoms with Gasteiger partial charge in [0.15, 0.2) is 6.17 Å². The number of rotatable bonds is 5. The van der Waals surface area contributed by atoms with Gasteiger partial charge in [-0.3, -0.25) is 0 Å². The zero-order valence-electron chi connectivity index (χ0n) is 27.6. The van der Waals surface area contributed by atoms with Crippen LogP contribution < -0.4 is 5.32 Å². The summed E-state index contributed by atoms with van der Waals surface area (Å²) in [6, 6.07) is 61.6. The highest BCUT2D eigenvalue weighted by Crippen LogP contribution is 2.44. The Morgan fingerprint density at radius 2 is 0.980 bits per heavy atom. The molecule has 4 nitrogen and oxygen atoms in total. The number of hydrogen-bond donors (Lipinski definition) is 1. The van der Waals surface area contributed by atoms with Crippen LogP contribution in [0.2, 0.25) is 0 Å². The number of nitrogens with zero attached hydrogens (tertiary/aromatic N) is 2. The maximum absolute atomic E-state index is 6.87. The van der Waals surface area contributed by atoms with E-state index in [0.717, 1.165) is 66.8 Å². The van der Waals surface area contributed by atoms with Crippen molar-refractivity contribution in [3.63, 3.8) is 0 Å². The van der Waals surface area contributed by atoms with E-state index >= 15 is 0 Å². The molecule has 2 heterocycles. The number of furan rings is 1. The summed E-state index contributed by atoms with van der Waals surface area (Å²) in [7, 11) is 0. The molecule has 0 atom stereocenters. The van der Waals surface area contributed by atoms with Gasteiger partial charge < -0.3 is 9.73 Å². The molecule has 0 amide bonds. The molecular weight excluding hydrogens is 623 g/mol. The summed E-state index contributed by atoms with van der Waals surface area (Å²) in [5, 5.41) is 10.5. The summed E-state index contributed by atoms with van der Waals surface area (Å²) < 4.78 is 6.87. The molecule has 1 aliphatic rings. The van der Waals surface area contributed by atoms with E-state index in [1.54, 1.807) is 0 Å². The van der Waals surface area contributed by atoms with Crippen molar-refractivity contribution in [2.24, 2.45) is 9.98 Å². The van der Waals surface area contributed by atoms with Crippen LogP contribution in [0.1, 0.15) is 22.9 Å². The van der Waals surface area contributed by atoms with Crippen LogP contribution in [0.4, 0.5) is 0 Å². The molecule has 0 spiro atoms. The Hall–Kier alpha value is -6.78. The normalized spacial score (nSPS) is 13.4. The lowest BCUT2D eigenvalue weighted by Crippen LogP contribution is -2.36. The molecule has 0 unspecified atom stereocenters. The van der Waals surface area contributed by atoms with E-state index < -0.39 is 6.17 Å². The molecule has 10 rings (SSSR count). The second-order valence-corrected chi connectivity index (χ2v) is 13.0. The predicted octanol–water partition coefficient (Wildman–Crippen LogP) is 11.7. The Morgan fingerprint density at radius 3 is 1.67 bits per heavy atom. The molecule has 8 aromatic carbocycles. The minimum absolute atomic E-state index is 0.520. The minimum atomic E-state index is -0.520. The van der Waals surface area contributed by atoms with Crippen molar-refractivity contribution < 1.29 is 4.42 Å².